The van der Waals surface area contributed by atoms with E-state index in [1.54, 1.807) is 0 Å². The van der Waals surface area contributed by atoms with Crippen LogP contribution in [0.1, 0.15) is 11.3 Å². The number of nitrogen functional groups attached to an aromatic ring is 1. The summed E-state index contributed by atoms with van der Waals surface area (Å²) < 4.78 is 1.94. The van der Waals surface area contributed by atoms with Crippen molar-refractivity contribution < 1.29 is 4.57 Å². The van der Waals surface area contributed by atoms with E-state index in [0.29, 0.717) is 11.0 Å². The number of aromatic amines is 1. The molecule has 0 aliphatic rings. The highest BCUT2D eigenvalue weighted by Gasteiger charge is 2.20. The van der Waals surface area contributed by atoms with Gasteiger partial charge in [-0.05, 0) is 42.6 Å². The number of benzene rings is 1. The van der Waals surface area contributed by atoms with Crippen LogP contribution in [0.5, 0.6) is 0 Å². The van der Waals surface area contributed by atoms with Crippen LogP contribution in [-0.2, 0) is 0 Å². The Labute approximate surface area is 115 Å². The molecule has 100 valence electrons. The summed E-state index contributed by atoms with van der Waals surface area (Å²) in [5.41, 5.74) is 8.89. The van der Waals surface area contributed by atoms with Crippen molar-refractivity contribution in [3.8, 4) is 5.69 Å². The van der Waals surface area contributed by atoms with Crippen LogP contribution in [0.15, 0.2) is 41.2 Å². The second kappa shape index (κ2) is 4.45. The number of H-pyrrole nitrogens is 1. The molecule has 0 spiro atoms. The normalized spacial score (nSPS) is 10.9. The van der Waals surface area contributed by atoms with Crippen molar-refractivity contribution in [2.45, 2.75) is 13.8 Å². The van der Waals surface area contributed by atoms with Crippen LogP contribution in [0.3, 0.4) is 0 Å². The standard InChI is InChI=1S/C15H14N4O/c1-9-8-10(2)19(11-6-4-3-5-7-11)13-12(9)14(20)18-15(16)17-13/h3-8H,1-2H3,(H2,16,18,20)/p+1. The molecule has 0 bridgehead atoms. The van der Waals surface area contributed by atoms with Crippen molar-refractivity contribution in [3.63, 3.8) is 0 Å². The van der Waals surface area contributed by atoms with Crippen molar-refractivity contribution in [1.29, 1.82) is 0 Å². The van der Waals surface area contributed by atoms with E-state index in [0.717, 1.165) is 16.9 Å². The van der Waals surface area contributed by atoms with E-state index in [1.165, 1.54) is 0 Å². The minimum atomic E-state index is -0.213. The number of aryl methyl sites for hydroxylation is 2. The molecule has 0 atom stereocenters. The number of nitrogens with zero attached hydrogens (tertiary/aromatic N) is 2. The SMILES string of the molecule is Cc1cc(C)[n+](-c2ccccc2)c2nc(N)[nH]c(=O)c12. The predicted molar refractivity (Wildman–Crippen MR) is 77.8 cm³/mol. The third-order valence-electron chi connectivity index (χ3n) is 3.32. The highest BCUT2D eigenvalue weighted by Crippen LogP contribution is 2.13. The first-order chi connectivity index (χ1) is 9.58. The predicted octanol–water partition coefficient (Wildman–Crippen LogP) is 1.40. The highest BCUT2D eigenvalue weighted by molar-refractivity contribution is 5.76. The molecule has 2 heterocycles. The molecular weight excluding hydrogens is 252 g/mol. The second-order valence-corrected chi connectivity index (χ2v) is 4.79. The van der Waals surface area contributed by atoms with Crippen molar-refractivity contribution >= 4 is 17.0 Å². The summed E-state index contributed by atoms with van der Waals surface area (Å²) in [7, 11) is 0. The first kappa shape index (κ1) is 12.3. The van der Waals surface area contributed by atoms with Gasteiger partial charge in [0.15, 0.2) is 0 Å². The van der Waals surface area contributed by atoms with Crippen molar-refractivity contribution in [1.82, 2.24) is 9.97 Å². The highest BCUT2D eigenvalue weighted by atomic mass is 16.1. The summed E-state index contributed by atoms with van der Waals surface area (Å²) in [6.45, 7) is 3.89. The van der Waals surface area contributed by atoms with Gasteiger partial charge in [-0.1, -0.05) is 18.2 Å². The van der Waals surface area contributed by atoms with Gasteiger partial charge in [0.25, 0.3) is 5.56 Å². The lowest BCUT2D eigenvalue weighted by atomic mass is 10.1. The van der Waals surface area contributed by atoms with E-state index in [2.05, 4.69) is 9.97 Å². The lowest BCUT2D eigenvalue weighted by molar-refractivity contribution is -0.576. The van der Waals surface area contributed by atoms with E-state index in [4.69, 9.17) is 5.73 Å². The molecule has 0 aliphatic heterocycles. The summed E-state index contributed by atoms with van der Waals surface area (Å²) in [4.78, 5) is 19.0. The Hall–Kier alpha value is -2.69. The Kier molecular flexibility index (Phi) is 2.75. The lowest BCUT2D eigenvalue weighted by Crippen LogP contribution is -2.38. The number of rotatable bonds is 1. The first-order valence-electron chi connectivity index (χ1n) is 6.35. The van der Waals surface area contributed by atoms with Crippen molar-refractivity contribution in [2.24, 2.45) is 0 Å². The number of aromatic nitrogens is 3. The fraction of sp³-hybridized carbons (Fsp3) is 0.133. The van der Waals surface area contributed by atoms with E-state index in [1.807, 2.05) is 54.8 Å². The monoisotopic (exact) mass is 267 g/mol. The minimum absolute atomic E-state index is 0.122. The molecule has 0 amide bonds. The zero-order chi connectivity index (χ0) is 14.3. The van der Waals surface area contributed by atoms with Crippen LogP contribution >= 0.6 is 0 Å². The van der Waals surface area contributed by atoms with Crippen LogP contribution in [0.25, 0.3) is 16.7 Å². The first-order valence-corrected chi connectivity index (χ1v) is 6.35. The molecule has 0 fully saturated rings. The Balaban J connectivity index is 2.52. The molecule has 0 aliphatic carbocycles. The van der Waals surface area contributed by atoms with Gasteiger partial charge in [-0.2, -0.15) is 4.57 Å². The third-order valence-corrected chi connectivity index (χ3v) is 3.32. The molecule has 3 aromatic rings. The Morgan fingerprint density at radius 3 is 2.60 bits per heavy atom. The average molecular weight is 267 g/mol. The number of hydrogen-bond donors (Lipinski definition) is 2. The summed E-state index contributed by atoms with van der Waals surface area (Å²) >= 11 is 0. The van der Waals surface area contributed by atoms with Gasteiger partial charge >= 0.3 is 11.6 Å². The van der Waals surface area contributed by atoms with Gasteiger partial charge in [0.2, 0.25) is 0 Å². The quantitative estimate of drug-likeness (QED) is 0.654. The Morgan fingerprint density at radius 2 is 1.90 bits per heavy atom. The number of nitrogens with two attached hydrogens (primary N) is 1. The summed E-state index contributed by atoms with van der Waals surface area (Å²) in [5.74, 6) is 0.122. The number of hydrogen-bond acceptors (Lipinski definition) is 3. The van der Waals surface area contributed by atoms with Gasteiger partial charge in [0.1, 0.15) is 16.8 Å². The molecule has 0 saturated heterocycles. The summed E-state index contributed by atoms with van der Waals surface area (Å²) in [6.07, 6.45) is 0. The molecule has 3 rings (SSSR count). The maximum Gasteiger partial charge on any atom is 0.345 e. The zero-order valence-corrected chi connectivity index (χ0v) is 11.3. The molecule has 0 unspecified atom stereocenters. The molecule has 0 radical (unpaired) electrons. The van der Waals surface area contributed by atoms with Gasteiger partial charge in [-0.3, -0.25) is 9.78 Å². The minimum Gasteiger partial charge on any atom is -0.348 e. The molecule has 20 heavy (non-hydrogen) atoms. The van der Waals surface area contributed by atoms with E-state index < -0.39 is 0 Å². The lowest BCUT2D eigenvalue weighted by Gasteiger charge is -2.07. The molecule has 1 aromatic carbocycles. The van der Waals surface area contributed by atoms with E-state index >= 15 is 0 Å². The van der Waals surface area contributed by atoms with Crippen LogP contribution in [0, 0.1) is 13.8 Å². The average Bonchev–Trinajstić information content (AvgIpc) is 2.38. The Morgan fingerprint density at radius 1 is 1.20 bits per heavy atom. The van der Waals surface area contributed by atoms with E-state index in [-0.39, 0.29) is 11.5 Å². The summed E-state index contributed by atoms with van der Waals surface area (Å²) in [5, 5.41) is 0.564. The van der Waals surface area contributed by atoms with Crippen molar-refractivity contribution in [2.75, 3.05) is 5.73 Å². The van der Waals surface area contributed by atoms with Gasteiger partial charge in [-0.15, -0.1) is 0 Å². The van der Waals surface area contributed by atoms with Gasteiger partial charge in [0.05, 0.1) is 0 Å². The van der Waals surface area contributed by atoms with Crippen LogP contribution in [0.2, 0.25) is 0 Å². The summed E-state index contributed by atoms with van der Waals surface area (Å²) in [6, 6.07) is 11.8. The number of anilines is 1. The number of nitrogens with one attached hydrogen (secondary N) is 1. The van der Waals surface area contributed by atoms with Gasteiger partial charge < -0.3 is 5.73 Å². The van der Waals surface area contributed by atoms with Crippen LogP contribution < -0.4 is 15.9 Å². The fourth-order valence-electron chi connectivity index (χ4n) is 2.52. The largest absolute Gasteiger partial charge is 0.348 e. The molecule has 5 heteroatoms. The molecular formula is C15H15N4O+. The van der Waals surface area contributed by atoms with Crippen LogP contribution in [-0.4, -0.2) is 9.97 Å². The molecule has 0 saturated carbocycles. The maximum atomic E-state index is 12.1. The van der Waals surface area contributed by atoms with Gasteiger partial charge in [-0.25, -0.2) is 0 Å². The fourth-order valence-corrected chi connectivity index (χ4v) is 2.52. The Bertz CT molecular complexity index is 853. The van der Waals surface area contributed by atoms with E-state index in [9.17, 15) is 4.79 Å². The number of para-hydroxylation sites is 1. The third kappa shape index (κ3) is 1.84. The van der Waals surface area contributed by atoms with Gasteiger partial charge in [0, 0.05) is 0 Å². The maximum absolute atomic E-state index is 12.1. The number of pyridine rings is 1. The zero-order valence-electron chi connectivity index (χ0n) is 11.3. The van der Waals surface area contributed by atoms with Crippen molar-refractivity contribution in [3.05, 3.63) is 58.0 Å². The smallest absolute Gasteiger partial charge is 0.345 e. The number of fused-ring (bicyclic) bond motifs is 1. The second-order valence-electron chi connectivity index (χ2n) is 4.79. The molecule has 2 aromatic heterocycles. The topological polar surface area (TPSA) is 75.7 Å². The van der Waals surface area contributed by atoms with Crippen LogP contribution in [0.4, 0.5) is 5.95 Å². The molecule has 5 nitrogen and oxygen atoms in total. The molecule has 3 N–H and O–H groups in total.